The van der Waals surface area contributed by atoms with Gasteiger partial charge in [0.1, 0.15) is 11.6 Å². The third-order valence-corrected chi connectivity index (χ3v) is 4.35. The van der Waals surface area contributed by atoms with Crippen molar-refractivity contribution in [2.75, 3.05) is 12.4 Å². The molecule has 0 aliphatic rings. The number of hydrogen-bond acceptors (Lipinski definition) is 4. The molecule has 0 aliphatic carbocycles. The zero-order chi connectivity index (χ0) is 16.1. The quantitative estimate of drug-likeness (QED) is 0.490. The minimum Gasteiger partial charge on any atom is -0.493 e. The molecule has 0 fully saturated rings. The normalized spacial score (nSPS) is 10.7. The summed E-state index contributed by atoms with van der Waals surface area (Å²) in [7, 11) is 0. The number of aromatic nitrogens is 3. The van der Waals surface area contributed by atoms with Crippen molar-refractivity contribution in [3.63, 3.8) is 0 Å². The van der Waals surface area contributed by atoms with Gasteiger partial charge in [0.15, 0.2) is 5.16 Å². The third-order valence-electron chi connectivity index (χ3n) is 3.21. The number of rotatable bonds is 6. The molecule has 0 atom stereocenters. The fourth-order valence-corrected chi connectivity index (χ4v) is 3.07. The Balaban J connectivity index is 1.63. The van der Waals surface area contributed by atoms with Gasteiger partial charge >= 0.3 is 0 Å². The van der Waals surface area contributed by atoms with Gasteiger partial charge in [-0.05, 0) is 43.3 Å². The molecule has 0 saturated heterocycles. The van der Waals surface area contributed by atoms with Crippen molar-refractivity contribution in [1.29, 1.82) is 0 Å². The highest BCUT2D eigenvalue weighted by Gasteiger charge is 2.11. The van der Waals surface area contributed by atoms with Crippen LogP contribution in [0.1, 0.15) is 5.82 Å². The van der Waals surface area contributed by atoms with Crippen molar-refractivity contribution in [2.24, 2.45) is 0 Å². The fraction of sp³-hybridized carbons (Fsp3) is 0.176. The maximum atomic E-state index is 5.95. The number of thioether (sulfide) groups is 1. The first-order valence-corrected chi connectivity index (χ1v) is 8.59. The third kappa shape index (κ3) is 4.06. The van der Waals surface area contributed by atoms with Gasteiger partial charge in [0.05, 0.1) is 6.61 Å². The zero-order valence-electron chi connectivity index (χ0n) is 12.6. The Hall–Kier alpha value is -1.98. The largest absolute Gasteiger partial charge is 0.493 e. The summed E-state index contributed by atoms with van der Waals surface area (Å²) in [5.41, 5.74) is 1.00. The van der Waals surface area contributed by atoms with Crippen LogP contribution in [0.4, 0.5) is 0 Å². The summed E-state index contributed by atoms with van der Waals surface area (Å²) in [5, 5.41) is 9.98. The molecule has 0 bridgehead atoms. The number of hydrogen-bond donors (Lipinski definition) is 0. The van der Waals surface area contributed by atoms with Gasteiger partial charge in [0, 0.05) is 16.5 Å². The number of nitrogens with zero attached hydrogens (tertiary/aromatic N) is 3. The predicted molar refractivity (Wildman–Crippen MR) is 93.8 cm³/mol. The molecule has 118 valence electrons. The summed E-state index contributed by atoms with van der Waals surface area (Å²) < 4.78 is 7.72. The predicted octanol–water partition coefficient (Wildman–Crippen LogP) is 4.40. The number of aryl methyl sites for hydroxylation is 1. The Labute approximate surface area is 144 Å². The van der Waals surface area contributed by atoms with E-state index >= 15 is 0 Å². The molecule has 0 radical (unpaired) electrons. The molecule has 3 aromatic rings. The minimum atomic E-state index is 0.612. The van der Waals surface area contributed by atoms with E-state index in [2.05, 4.69) is 10.2 Å². The SMILES string of the molecule is Cc1nnc(SCCOc2ccccc2)n1-c1ccc(Cl)cc1. The van der Waals surface area contributed by atoms with E-state index in [9.17, 15) is 0 Å². The zero-order valence-corrected chi connectivity index (χ0v) is 14.2. The highest BCUT2D eigenvalue weighted by Crippen LogP contribution is 2.23. The Morgan fingerprint density at radius 3 is 2.52 bits per heavy atom. The first-order valence-electron chi connectivity index (χ1n) is 7.22. The number of halogens is 1. The molecule has 0 unspecified atom stereocenters. The van der Waals surface area contributed by atoms with Gasteiger partial charge in [0.2, 0.25) is 0 Å². The van der Waals surface area contributed by atoms with E-state index in [1.165, 1.54) is 0 Å². The van der Waals surface area contributed by atoms with Gasteiger partial charge in [0.25, 0.3) is 0 Å². The number of para-hydroxylation sites is 1. The van der Waals surface area contributed by atoms with Gasteiger partial charge in [-0.1, -0.05) is 41.6 Å². The monoisotopic (exact) mass is 345 g/mol. The maximum absolute atomic E-state index is 5.95. The highest BCUT2D eigenvalue weighted by atomic mass is 35.5. The van der Waals surface area contributed by atoms with Crippen molar-refractivity contribution in [3.8, 4) is 11.4 Å². The molecule has 0 saturated carbocycles. The summed E-state index contributed by atoms with van der Waals surface area (Å²) in [4.78, 5) is 0. The lowest BCUT2D eigenvalue weighted by molar-refractivity contribution is 0.344. The standard InChI is InChI=1S/C17H16ClN3OS/c1-13-19-20-17(21(13)15-9-7-14(18)8-10-15)23-12-11-22-16-5-3-2-4-6-16/h2-10H,11-12H2,1H3. The first kappa shape index (κ1) is 15.9. The molecular weight excluding hydrogens is 330 g/mol. The van der Waals surface area contributed by atoms with Crippen LogP contribution >= 0.6 is 23.4 Å². The molecule has 0 N–H and O–H groups in total. The molecule has 0 amide bonds. The van der Waals surface area contributed by atoms with Crippen LogP contribution in [-0.4, -0.2) is 27.1 Å². The average Bonchev–Trinajstić information content (AvgIpc) is 2.94. The summed E-state index contributed by atoms with van der Waals surface area (Å²) in [6.45, 7) is 2.55. The van der Waals surface area contributed by atoms with E-state index in [0.29, 0.717) is 11.6 Å². The molecule has 6 heteroatoms. The smallest absolute Gasteiger partial charge is 0.195 e. The van der Waals surface area contributed by atoms with Crippen LogP contribution in [0.3, 0.4) is 0 Å². The van der Waals surface area contributed by atoms with Crippen molar-refractivity contribution < 1.29 is 4.74 Å². The van der Waals surface area contributed by atoms with E-state index in [4.69, 9.17) is 16.3 Å². The van der Waals surface area contributed by atoms with Gasteiger partial charge in [-0.15, -0.1) is 10.2 Å². The molecule has 2 aromatic carbocycles. The van der Waals surface area contributed by atoms with Crippen LogP contribution in [0.15, 0.2) is 59.8 Å². The fourth-order valence-electron chi connectivity index (χ4n) is 2.13. The lowest BCUT2D eigenvalue weighted by Gasteiger charge is -2.09. The summed E-state index contributed by atoms with van der Waals surface area (Å²) >= 11 is 7.57. The minimum absolute atomic E-state index is 0.612. The second-order valence-corrected chi connectivity index (χ2v) is 6.35. The van der Waals surface area contributed by atoms with Crippen LogP contribution in [-0.2, 0) is 0 Å². The van der Waals surface area contributed by atoms with E-state index < -0.39 is 0 Å². The Bertz CT molecular complexity index is 759. The second-order valence-electron chi connectivity index (χ2n) is 4.85. The number of benzene rings is 2. The van der Waals surface area contributed by atoms with E-state index in [-0.39, 0.29) is 0 Å². The van der Waals surface area contributed by atoms with Crippen molar-refractivity contribution in [3.05, 3.63) is 65.4 Å². The van der Waals surface area contributed by atoms with Gasteiger partial charge in [-0.2, -0.15) is 0 Å². The summed E-state index contributed by atoms with van der Waals surface area (Å²) in [5.74, 6) is 2.52. The van der Waals surface area contributed by atoms with Crippen LogP contribution in [0.25, 0.3) is 5.69 Å². The van der Waals surface area contributed by atoms with Crippen molar-refractivity contribution >= 4 is 23.4 Å². The number of ether oxygens (including phenoxy) is 1. The Kier molecular flexibility index (Phi) is 5.20. The van der Waals surface area contributed by atoms with Crippen LogP contribution < -0.4 is 4.74 Å². The molecule has 4 nitrogen and oxygen atoms in total. The van der Waals surface area contributed by atoms with E-state index in [1.54, 1.807) is 11.8 Å². The maximum Gasteiger partial charge on any atom is 0.195 e. The highest BCUT2D eigenvalue weighted by molar-refractivity contribution is 7.99. The van der Waals surface area contributed by atoms with Gasteiger partial charge in [-0.3, -0.25) is 4.57 Å². The van der Waals surface area contributed by atoms with Crippen LogP contribution in [0.2, 0.25) is 5.02 Å². The molecule has 0 aliphatic heterocycles. The molecule has 0 spiro atoms. The molecule has 1 aromatic heterocycles. The Morgan fingerprint density at radius 2 is 1.78 bits per heavy atom. The lowest BCUT2D eigenvalue weighted by Crippen LogP contribution is -2.03. The van der Waals surface area contributed by atoms with Gasteiger partial charge < -0.3 is 4.74 Å². The van der Waals surface area contributed by atoms with E-state index in [1.807, 2.05) is 66.1 Å². The van der Waals surface area contributed by atoms with Crippen LogP contribution in [0.5, 0.6) is 5.75 Å². The first-order chi connectivity index (χ1) is 11.2. The van der Waals surface area contributed by atoms with Crippen molar-refractivity contribution in [1.82, 2.24) is 14.8 Å². The molecule has 1 heterocycles. The second kappa shape index (κ2) is 7.53. The summed E-state index contributed by atoms with van der Waals surface area (Å²) in [6.07, 6.45) is 0. The van der Waals surface area contributed by atoms with Gasteiger partial charge in [-0.25, -0.2) is 0 Å². The average molecular weight is 346 g/mol. The summed E-state index contributed by atoms with van der Waals surface area (Å²) in [6, 6.07) is 17.4. The van der Waals surface area contributed by atoms with E-state index in [0.717, 1.165) is 28.2 Å². The van der Waals surface area contributed by atoms with Crippen LogP contribution in [0, 0.1) is 6.92 Å². The lowest BCUT2D eigenvalue weighted by atomic mass is 10.3. The molecule has 23 heavy (non-hydrogen) atoms. The van der Waals surface area contributed by atoms with Crippen molar-refractivity contribution in [2.45, 2.75) is 12.1 Å². The molecule has 3 rings (SSSR count). The Morgan fingerprint density at radius 1 is 1.04 bits per heavy atom. The molecular formula is C17H16ClN3OS. The topological polar surface area (TPSA) is 39.9 Å².